The number of aromatic nitrogens is 2. The summed E-state index contributed by atoms with van der Waals surface area (Å²) in [4.78, 5) is 30.2. The Bertz CT molecular complexity index is 821. The second-order valence-electron chi connectivity index (χ2n) is 6.96. The average molecular weight is 356 g/mol. The number of hydrogen-bond acceptors (Lipinski definition) is 5. The zero-order chi connectivity index (χ0) is 17.6. The molecule has 2 amide bonds. The van der Waals surface area contributed by atoms with Crippen LogP contribution in [0, 0.1) is 12.3 Å². The molecule has 25 heavy (non-hydrogen) atoms. The van der Waals surface area contributed by atoms with E-state index in [9.17, 15) is 9.59 Å². The Kier molecular flexibility index (Phi) is 3.83. The summed E-state index contributed by atoms with van der Waals surface area (Å²) < 4.78 is 3.86. The zero-order valence-electron chi connectivity index (χ0n) is 14.3. The highest BCUT2D eigenvalue weighted by Crippen LogP contribution is 2.49. The Morgan fingerprint density at radius 3 is 2.76 bits per heavy atom. The van der Waals surface area contributed by atoms with Crippen LogP contribution in [0.3, 0.4) is 0 Å². The summed E-state index contributed by atoms with van der Waals surface area (Å²) in [5, 5.41) is 3.97. The van der Waals surface area contributed by atoms with E-state index in [-0.39, 0.29) is 17.7 Å². The molecule has 0 radical (unpaired) electrons. The fraction of sp³-hybridized carbons (Fsp3) is 0.444. The van der Waals surface area contributed by atoms with Crippen LogP contribution in [0.2, 0.25) is 0 Å². The van der Waals surface area contributed by atoms with E-state index >= 15 is 0 Å². The van der Waals surface area contributed by atoms with Crippen molar-refractivity contribution < 1.29 is 9.59 Å². The summed E-state index contributed by atoms with van der Waals surface area (Å²) in [6.07, 6.45) is 0.693. The summed E-state index contributed by atoms with van der Waals surface area (Å²) >= 11 is 1.23. The van der Waals surface area contributed by atoms with Crippen molar-refractivity contribution in [3.8, 4) is 0 Å². The van der Waals surface area contributed by atoms with E-state index < -0.39 is 5.41 Å². The van der Waals surface area contributed by atoms with E-state index in [2.05, 4.69) is 21.7 Å². The third kappa shape index (κ3) is 2.45. The van der Waals surface area contributed by atoms with Gasteiger partial charge in [0.1, 0.15) is 0 Å². The van der Waals surface area contributed by atoms with Crippen LogP contribution in [0.5, 0.6) is 0 Å². The smallest absolute Gasteiger partial charge is 0.275 e. The summed E-state index contributed by atoms with van der Waals surface area (Å²) in [7, 11) is 1.85. The van der Waals surface area contributed by atoms with Crippen molar-refractivity contribution in [2.75, 3.05) is 26.7 Å². The molecule has 0 bridgehead atoms. The molecular weight excluding hydrogens is 336 g/mol. The number of nitrogens with zero attached hydrogens (tertiary/aromatic N) is 4. The molecule has 2 aliphatic rings. The maximum Gasteiger partial charge on any atom is 0.275 e. The number of amides is 2. The SMILES string of the molecule is Cc1snnc1C(=O)N1CC[C@@]2(C1)C(=O)N(C)C[C@H]2c1ccccc1. The van der Waals surface area contributed by atoms with Crippen LogP contribution in [0.1, 0.15) is 33.3 Å². The number of likely N-dealkylation sites (tertiary alicyclic amines) is 2. The Hall–Kier alpha value is -2.28. The van der Waals surface area contributed by atoms with Gasteiger partial charge in [0.15, 0.2) is 5.69 Å². The molecule has 4 rings (SSSR count). The van der Waals surface area contributed by atoms with Gasteiger partial charge in [0, 0.05) is 32.6 Å². The molecule has 1 spiro atoms. The lowest BCUT2D eigenvalue weighted by Crippen LogP contribution is -2.39. The lowest BCUT2D eigenvalue weighted by Gasteiger charge is -2.28. The summed E-state index contributed by atoms with van der Waals surface area (Å²) in [5.74, 6) is 0.140. The quantitative estimate of drug-likeness (QED) is 0.825. The van der Waals surface area contributed by atoms with E-state index in [1.807, 2.05) is 32.2 Å². The van der Waals surface area contributed by atoms with Crippen molar-refractivity contribution in [2.45, 2.75) is 19.3 Å². The second kappa shape index (κ2) is 5.91. The fourth-order valence-corrected chi connectivity index (χ4v) is 4.67. The maximum atomic E-state index is 13.0. The molecule has 7 heteroatoms. The van der Waals surface area contributed by atoms with Crippen molar-refractivity contribution in [2.24, 2.45) is 5.41 Å². The molecule has 1 aromatic carbocycles. The third-order valence-corrected chi connectivity index (χ3v) is 6.17. The van der Waals surface area contributed by atoms with E-state index in [1.165, 1.54) is 17.1 Å². The van der Waals surface area contributed by atoms with E-state index in [0.717, 1.165) is 4.88 Å². The van der Waals surface area contributed by atoms with Crippen LogP contribution in [0.4, 0.5) is 0 Å². The summed E-state index contributed by atoms with van der Waals surface area (Å²) in [6.45, 7) is 3.58. The van der Waals surface area contributed by atoms with Crippen LogP contribution < -0.4 is 0 Å². The predicted octanol–water partition coefficient (Wildman–Crippen LogP) is 1.93. The summed E-state index contributed by atoms with van der Waals surface area (Å²) in [5.41, 5.74) is 1.06. The van der Waals surface area contributed by atoms with Crippen molar-refractivity contribution >= 4 is 23.3 Å². The largest absolute Gasteiger partial charge is 0.345 e. The lowest BCUT2D eigenvalue weighted by atomic mass is 9.73. The van der Waals surface area contributed by atoms with Gasteiger partial charge in [0.2, 0.25) is 5.91 Å². The van der Waals surface area contributed by atoms with E-state index in [0.29, 0.717) is 31.7 Å². The van der Waals surface area contributed by atoms with Gasteiger partial charge < -0.3 is 9.80 Å². The minimum absolute atomic E-state index is 0.110. The highest BCUT2D eigenvalue weighted by atomic mass is 32.1. The molecule has 0 unspecified atom stereocenters. The minimum Gasteiger partial charge on any atom is -0.345 e. The Labute approximate surface area is 150 Å². The Morgan fingerprint density at radius 1 is 1.32 bits per heavy atom. The van der Waals surface area contributed by atoms with Gasteiger partial charge in [0.25, 0.3) is 5.91 Å². The first-order valence-corrected chi connectivity index (χ1v) is 9.19. The number of likely N-dealkylation sites (N-methyl/N-ethyl adjacent to an activating group) is 1. The van der Waals surface area contributed by atoms with Gasteiger partial charge in [-0.15, -0.1) is 5.10 Å². The average Bonchev–Trinajstić information content (AvgIpc) is 3.31. The lowest BCUT2D eigenvalue weighted by molar-refractivity contribution is -0.134. The number of carbonyl (C=O) groups is 2. The molecule has 2 atom stereocenters. The molecule has 130 valence electrons. The highest BCUT2D eigenvalue weighted by molar-refractivity contribution is 7.05. The first-order valence-electron chi connectivity index (χ1n) is 8.42. The topological polar surface area (TPSA) is 66.4 Å². The first-order chi connectivity index (χ1) is 12.0. The van der Waals surface area contributed by atoms with Gasteiger partial charge in [0.05, 0.1) is 10.3 Å². The van der Waals surface area contributed by atoms with Crippen LogP contribution in [0.15, 0.2) is 30.3 Å². The Morgan fingerprint density at radius 2 is 2.08 bits per heavy atom. The molecule has 0 N–H and O–H groups in total. The van der Waals surface area contributed by atoms with Crippen LogP contribution in [-0.4, -0.2) is 57.9 Å². The van der Waals surface area contributed by atoms with Gasteiger partial charge in [-0.1, -0.05) is 34.8 Å². The van der Waals surface area contributed by atoms with E-state index in [1.54, 1.807) is 9.80 Å². The third-order valence-electron chi connectivity index (χ3n) is 5.54. The maximum absolute atomic E-state index is 13.0. The van der Waals surface area contributed by atoms with Gasteiger partial charge in [-0.2, -0.15) is 0 Å². The molecule has 2 fully saturated rings. The van der Waals surface area contributed by atoms with Crippen molar-refractivity contribution in [3.63, 3.8) is 0 Å². The molecule has 2 aliphatic heterocycles. The second-order valence-corrected chi connectivity index (χ2v) is 7.92. The van der Waals surface area contributed by atoms with Gasteiger partial charge in [-0.05, 0) is 30.4 Å². The van der Waals surface area contributed by atoms with Crippen LogP contribution in [0.25, 0.3) is 0 Å². The van der Waals surface area contributed by atoms with Crippen molar-refractivity contribution in [1.82, 2.24) is 19.4 Å². The molecule has 2 saturated heterocycles. The van der Waals surface area contributed by atoms with Crippen LogP contribution in [-0.2, 0) is 4.79 Å². The van der Waals surface area contributed by atoms with Crippen molar-refractivity contribution in [3.05, 3.63) is 46.5 Å². The number of aryl methyl sites for hydroxylation is 1. The van der Waals surface area contributed by atoms with Gasteiger partial charge in [-0.25, -0.2) is 0 Å². The molecule has 1 aromatic heterocycles. The number of benzene rings is 1. The molecule has 6 nitrogen and oxygen atoms in total. The predicted molar refractivity (Wildman–Crippen MR) is 94.4 cm³/mol. The van der Waals surface area contributed by atoms with Gasteiger partial charge >= 0.3 is 0 Å². The zero-order valence-corrected chi connectivity index (χ0v) is 15.1. The first kappa shape index (κ1) is 16.2. The molecule has 0 saturated carbocycles. The fourth-order valence-electron chi connectivity index (χ4n) is 4.22. The minimum atomic E-state index is -0.525. The Balaban J connectivity index is 1.65. The molecule has 3 heterocycles. The van der Waals surface area contributed by atoms with Crippen LogP contribution >= 0.6 is 11.5 Å². The highest BCUT2D eigenvalue weighted by Gasteiger charge is 2.57. The molecular formula is C18H20N4O2S. The molecule has 2 aromatic rings. The number of rotatable bonds is 2. The van der Waals surface area contributed by atoms with Crippen molar-refractivity contribution in [1.29, 1.82) is 0 Å². The van der Waals surface area contributed by atoms with E-state index in [4.69, 9.17) is 0 Å². The normalized spacial score (nSPS) is 26.0. The van der Waals surface area contributed by atoms with Gasteiger partial charge in [-0.3, -0.25) is 9.59 Å². The number of carbonyl (C=O) groups excluding carboxylic acids is 2. The monoisotopic (exact) mass is 356 g/mol. The summed E-state index contributed by atoms with van der Waals surface area (Å²) in [6, 6.07) is 10.2. The molecule has 0 aliphatic carbocycles. The standard InChI is InChI=1S/C18H20N4O2S/c1-12-15(19-20-25-12)16(23)22-9-8-18(11-22)14(10-21(2)17(18)24)13-6-4-3-5-7-13/h3-7,14H,8-11H2,1-2H3/t14-,18-/m0/s1. The number of hydrogen-bond donors (Lipinski definition) is 0.